The van der Waals surface area contributed by atoms with Gasteiger partial charge in [0.05, 0.1) is 30.8 Å². The molecular weight excluding hydrogens is 354 g/mol. The molecule has 2 rings (SSSR count). The van der Waals surface area contributed by atoms with Crippen LogP contribution >= 0.6 is 11.6 Å². The van der Waals surface area contributed by atoms with Gasteiger partial charge in [-0.25, -0.2) is 0 Å². The lowest BCUT2D eigenvalue weighted by atomic mass is 10.0. The normalized spacial score (nSPS) is 19.7. The largest absolute Gasteiger partial charge is 0.380 e. The van der Waals surface area contributed by atoms with Gasteiger partial charge in [-0.1, -0.05) is 23.7 Å². The molecule has 0 aliphatic carbocycles. The Hall–Kier alpha value is -1.18. The Bertz CT molecular complexity index is 576. The molecule has 146 valence electrons. The van der Waals surface area contributed by atoms with Crippen molar-refractivity contribution in [1.29, 1.82) is 0 Å². The number of carbonyl (C=O) groups is 1. The van der Waals surface area contributed by atoms with Gasteiger partial charge in [-0.05, 0) is 31.5 Å². The molecule has 7 heteroatoms. The quantitative estimate of drug-likeness (QED) is 0.717. The van der Waals surface area contributed by atoms with E-state index in [9.17, 15) is 4.79 Å². The fourth-order valence-corrected chi connectivity index (χ4v) is 3.34. The van der Waals surface area contributed by atoms with Crippen LogP contribution < -0.4 is 11.1 Å². The zero-order valence-electron chi connectivity index (χ0n) is 15.8. The minimum Gasteiger partial charge on any atom is -0.380 e. The van der Waals surface area contributed by atoms with Gasteiger partial charge in [0, 0.05) is 38.3 Å². The van der Waals surface area contributed by atoms with E-state index in [1.165, 1.54) is 0 Å². The molecule has 0 bridgehead atoms. The van der Waals surface area contributed by atoms with Gasteiger partial charge in [0.15, 0.2) is 0 Å². The van der Waals surface area contributed by atoms with Crippen molar-refractivity contribution in [2.24, 2.45) is 5.73 Å². The second-order valence-electron chi connectivity index (χ2n) is 7.25. The summed E-state index contributed by atoms with van der Waals surface area (Å²) in [7, 11) is 1.57. The van der Waals surface area contributed by atoms with Crippen molar-refractivity contribution in [3.63, 3.8) is 0 Å². The average Bonchev–Trinajstić information content (AvgIpc) is 2.60. The molecule has 1 aromatic rings. The topological polar surface area (TPSA) is 76.8 Å². The number of methoxy groups -OCH3 is 1. The van der Waals surface area contributed by atoms with Gasteiger partial charge in [-0.3, -0.25) is 9.69 Å². The molecule has 1 saturated heterocycles. The second-order valence-corrected chi connectivity index (χ2v) is 7.68. The first kappa shape index (κ1) is 21.1. The molecule has 6 nitrogen and oxygen atoms in total. The van der Waals surface area contributed by atoms with Crippen molar-refractivity contribution in [2.45, 2.75) is 38.0 Å². The number of morpholine rings is 1. The third kappa shape index (κ3) is 6.21. The van der Waals surface area contributed by atoms with Crippen molar-refractivity contribution in [1.82, 2.24) is 10.2 Å². The third-order valence-corrected chi connectivity index (χ3v) is 4.90. The second kappa shape index (κ2) is 9.67. The summed E-state index contributed by atoms with van der Waals surface area (Å²) in [6, 6.07) is 7.84. The molecule has 1 aromatic carbocycles. The predicted molar refractivity (Wildman–Crippen MR) is 103 cm³/mol. The molecule has 1 aliphatic rings. The maximum Gasteiger partial charge on any atom is 0.222 e. The number of nitrogens with two attached hydrogens (primary N) is 1. The van der Waals surface area contributed by atoms with Crippen LogP contribution in [0.25, 0.3) is 0 Å². The van der Waals surface area contributed by atoms with Crippen LogP contribution in [0.3, 0.4) is 0 Å². The number of hydrogen-bond donors (Lipinski definition) is 2. The number of benzene rings is 1. The number of nitrogens with one attached hydrogen (secondary N) is 1. The first-order valence-electron chi connectivity index (χ1n) is 8.97. The maximum absolute atomic E-state index is 12.3. The molecule has 2 atom stereocenters. The number of halogens is 1. The van der Waals surface area contributed by atoms with Crippen molar-refractivity contribution in [3.05, 3.63) is 34.9 Å². The Kier molecular flexibility index (Phi) is 7.85. The minimum atomic E-state index is -0.258. The van der Waals surface area contributed by atoms with Crippen molar-refractivity contribution < 1.29 is 14.3 Å². The summed E-state index contributed by atoms with van der Waals surface area (Å²) in [5, 5.41) is 3.73. The molecule has 1 aliphatic heterocycles. The summed E-state index contributed by atoms with van der Waals surface area (Å²) >= 11 is 6.04. The van der Waals surface area contributed by atoms with Crippen molar-refractivity contribution in [3.8, 4) is 0 Å². The highest BCUT2D eigenvalue weighted by Gasteiger charge is 2.32. The summed E-state index contributed by atoms with van der Waals surface area (Å²) in [4.78, 5) is 14.6. The van der Waals surface area contributed by atoms with Crippen molar-refractivity contribution in [2.75, 3.05) is 39.9 Å². The van der Waals surface area contributed by atoms with Gasteiger partial charge in [0.25, 0.3) is 0 Å². The van der Waals surface area contributed by atoms with Crippen LogP contribution in [0.2, 0.25) is 5.02 Å². The Balaban J connectivity index is 2.08. The summed E-state index contributed by atoms with van der Waals surface area (Å²) in [5.74, 6) is -0.0613. The Morgan fingerprint density at radius 3 is 2.69 bits per heavy atom. The highest BCUT2D eigenvalue weighted by molar-refractivity contribution is 6.30. The predicted octanol–water partition coefficient (Wildman–Crippen LogP) is 1.97. The number of ether oxygens (including phenoxy) is 2. The van der Waals surface area contributed by atoms with Crippen LogP contribution in [0, 0.1) is 0 Å². The molecule has 3 N–H and O–H groups in total. The molecule has 0 saturated carbocycles. The zero-order valence-corrected chi connectivity index (χ0v) is 16.6. The van der Waals surface area contributed by atoms with Gasteiger partial charge in [0.2, 0.25) is 5.91 Å². The third-order valence-electron chi connectivity index (χ3n) is 4.65. The first-order chi connectivity index (χ1) is 12.3. The van der Waals surface area contributed by atoms with Crippen molar-refractivity contribution >= 4 is 17.5 Å². The zero-order chi connectivity index (χ0) is 19.2. The highest BCUT2D eigenvalue weighted by atomic mass is 35.5. The van der Waals surface area contributed by atoms with E-state index in [-0.39, 0.29) is 30.1 Å². The lowest BCUT2D eigenvalue weighted by Gasteiger charge is -2.42. The van der Waals surface area contributed by atoms with Crippen LogP contribution in [0.1, 0.15) is 31.9 Å². The minimum absolute atomic E-state index is 0.0539. The van der Waals surface area contributed by atoms with E-state index < -0.39 is 0 Å². The van der Waals surface area contributed by atoms with Crippen LogP contribution in [-0.2, 0) is 14.3 Å². The SMILES string of the molecule is COC(CN)CC(=O)NCC(c1ccc(Cl)cc1)N1CCOC(C)(C)C1. The number of nitrogens with zero attached hydrogens (tertiary/aromatic N) is 1. The monoisotopic (exact) mass is 383 g/mol. The molecule has 26 heavy (non-hydrogen) atoms. The molecule has 1 amide bonds. The average molecular weight is 384 g/mol. The van der Waals surface area contributed by atoms with E-state index in [2.05, 4.69) is 24.1 Å². The van der Waals surface area contributed by atoms with Crippen LogP contribution in [-0.4, -0.2) is 62.4 Å². The number of carbonyl (C=O) groups excluding carboxylic acids is 1. The van der Waals surface area contributed by atoms with E-state index in [1.807, 2.05) is 24.3 Å². The summed E-state index contributed by atoms with van der Waals surface area (Å²) in [5.41, 5.74) is 6.51. The molecule has 1 fully saturated rings. The first-order valence-corrected chi connectivity index (χ1v) is 9.35. The fraction of sp³-hybridized carbons (Fsp3) is 0.632. The van der Waals surface area contributed by atoms with Gasteiger partial charge >= 0.3 is 0 Å². The molecular formula is C19H30ClN3O3. The van der Waals surface area contributed by atoms with E-state index in [0.29, 0.717) is 24.7 Å². The van der Waals surface area contributed by atoms with E-state index in [0.717, 1.165) is 18.7 Å². The molecule has 0 spiro atoms. The smallest absolute Gasteiger partial charge is 0.222 e. The highest BCUT2D eigenvalue weighted by Crippen LogP contribution is 2.27. The van der Waals surface area contributed by atoms with Crippen LogP contribution in [0.15, 0.2) is 24.3 Å². The van der Waals surface area contributed by atoms with Gasteiger partial charge in [0.1, 0.15) is 0 Å². The fourth-order valence-electron chi connectivity index (χ4n) is 3.21. The Morgan fingerprint density at radius 2 is 2.12 bits per heavy atom. The lowest BCUT2D eigenvalue weighted by molar-refractivity contribution is -0.124. The number of rotatable bonds is 8. The Morgan fingerprint density at radius 1 is 1.42 bits per heavy atom. The molecule has 0 radical (unpaired) electrons. The van der Waals surface area contributed by atoms with E-state index >= 15 is 0 Å². The summed E-state index contributed by atoms with van der Waals surface area (Å²) in [6.07, 6.45) is 0.000817. The summed E-state index contributed by atoms with van der Waals surface area (Å²) < 4.78 is 11.0. The number of hydrogen-bond acceptors (Lipinski definition) is 5. The van der Waals surface area contributed by atoms with Gasteiger partial charge in [-0.2, -0.15) is 0 Å². The molecule has 2 unspecified atom stereocenters. The maximum atomic E-state index is 12.3. The molecule has 0 aromatic heterocycles. The number of amides is 1. The Labute approximate surface area is 161 Å². The van der Waals surface area contributed by atoms with Crippen LogP contribution in [0.5, 0.6) is 0 Å². The lowest BCUT2D eigenvalue weighted by Crippen LogP contribution is -2.51. The van der Waals surface area contributed by atoms with E-state index in [1.54, 1.807) is 7.11 Å². The van der Waals surface area contributed by atoms with Gasteiger partial charge < -0.3 is 20.5 Å². The standard InChI is InChI=1S/C19H30ClN3O3/c1-19(2)13-23(8-9-26-19)17(14-4-6-15(20)7-5-14)12-22-18(24)10-16(11-21)25-3/h4-7,16-17H,8-13,21H2,1-3H3,(H,22,24). The van der Waals surface area contributed by atoms with Gasteiger partial charge in [-0.15, -0.1) is 0 Å². The summed E-state index contributed by atoms with van der Waals surface area (Å²) in [6.45, 7) is 7.28. The van der Waals surface area contributed by atoms with Crippen LogP contribution in [0.4, 0.5) is 0 Å². The molecule has 1 heterocycles. The van der Waals surface area contributed by atoms with E-state index in [4.69, 9.17) is 26.8 Å².